The van der Waals surface area contributed by atoms with Crippen molar-refractivity contribution in [3.05, 3.63) is 46.0 Å². The van der Waals surface area contributed by atoms with Gasteiger partial charge in [0.15, 0.2) is 0 Å². The fraction of sp³-hybridized carbons (Fsp3) is 0.357. The van der Waals surface area contributed by atoms with Gasteiger partial charge in [0.1, 0.15) is 11.6 Å². The first kappa shape index (κ1) is 14.5. The lowest BCUT2D eigenvalue weighted by molar-refractivity contribution is 0.0666. The molecule has 2 aromatic rings. The van der Waals surface area contributed by atoms with Crippen LogP contribution in [0, 0.1) is 0 Å². The van der Waals surface area contributed by atoms with Crippen LogP contribution in [0.25, 0.3) is 0 Å². The van der Waals surface area contributed by atoms with E-state index in [1.165, 1.54) is 18.0 Å². The molecule has 0 bridgehead atoms. The molecule has 0 aliphatic carbocycles. The first-order valence-electron chi connectivity index (χ1n) is 6.60. The summed E-state index contributed by atoms with van der Waals surface area (Å²) < 4.78 is 32.9. The van der Waals surface area contributed by atoms with Crippen molar-refractivity contribution in [3.63, 3.8) is 0 Å². The number of hydrogen-bond donors (Lipinski definition) is 1. The summed E-state index contributed by atoms with van der Waals surface area (Å²) in [6.07, 6.45) is 3.56. The summed E-state index contributed by atoms with van der Waals surface area (Å²) >= 11 is 3.48. The maximum Gasteiger partial charge on any atom is 0.319 e. The van der Waals surface area contributed by atoms with Gasteiger partial charge in [-0.05, 0) is 17.7 Å². The number of imidazole rings is 1. The van der Waals surface area contributed by atoms with Gasteiger partial charge in [-0.3, -0.25) is 4.57 Å². The molecule has 112 valence electrons. The van der Waals surface area contributed by atoms with Crippen molar-refractivity contribution in [2.75, 3.05) is 6.61 Å². The molecule has 0 fully saturated rings. The van der Waals surface area contributed by atoms with E-state index in [0.717, 1.165) is 26.8 Å². The first-order chi connectivity index (χ1) is 10.1. The monoisotopic (exact) mass is 357 g/mol. The molecule has 1 aromatic carbocycles. The molecule has 2 heterocycles. The third-order valence-electron chi connectivity index (χ3n) is 3.38. The zero-order chi connectivity index (χ0) is 14.8. The van der Waals surface area contributed by atoms with E-state index >= 15 is 0 Å². The molecular weight excluding hydrogens is 344 g/mol. The summed E-state index contributed by atoms with van der Waals surface area (Å²) in [6, 6.07) is 4.03. The van der Waals surface area contributed by atoms with E-state index in [4.69, 9.17) is 4.74 Å². The first-order valence-corrected chi connectivity index (χ1v) is 7.39. The molecular formula is C14H14BrF2N3O. The predicted octanol–water partition coefficient (Wildman–Crippen LogP) is 3.27. The number of hydrogen-bond acceptors (Lipinski definition) is 3. The Morgan fingerprint density at radius 2 is 2.24 bits per heavy atom. The van der Waals surface area contributed by atoms with E-state index in [9.17, 15) is 8.78 Å². The molecule has 1 N–H and O–H groups in total. The lowest BCUT2D eigenvalue weighted by atomic mass is 10.1. The van der Waals surface area contributed by atoms with Crippen molar-refractivity contribution < 1.29 is 13.5 Å². The van der Waals surface area contributed by atoms with Crippen LogP contribution in [0.3, 0.4) is 0 Å². The third-order valence-corrected chi connectivity index (χ3v) is 3.84. The van der Waals surface area contributed by atoms with E-state index < -0.39 is 6.55 Å². The summed E-state index contributed by atoms with van der Waals surface area (Å²) in [7, 11) is 0. The highest BCUT2D eigenvalue weighted by Crippen LogP contribution is 2.32. The molecule has 0 radical (unpaired) electrons. The summed E-state index contributed by atoms with van der Waals surface area (Å²) in [5.41, 5.74) is 2.20. The normalized spacial score (nSPS) is 13.5. The number of aromatic nitrogens is 2. The minimum Gasteiger partial charge on any atom is -0.493 e. The Balaban J connectivity index is 1.67. The zero-order valence-corrected chi connectivity index (χ0v) is 12.7. The van der Waals surface area contributed by atoms with Gasteiger partial charge in [-0.25, -0.2) is 4.98 Å². The molecule has 0 amide bonds. The number of ether oxygens (including phenoxy) is 1. The second kappa shape index (κ2) is 6.11. The second-order valence-electron chi connectivity index (χ2n) is 4.78. The highest BCUT2D eigenvalue weighted by Gasteiger charge is 2.17. The fourth-order valence-corrected chi connectivity index (χ4v) is 3.00. The molecule has 1 aliphatic rings. The van der Waals surface area contributed by atoms with Gasteiger partial charge in [-0.1, -0.05) is 15.9 Å². The Bertz CT molecular complexity index is 645. The van der Waals surface area contributed by atoms with Crippen molar-refractivity contribution in [2.24, 2.45) is 0 Å². The summed E-state index contributed by atoms with van der Waals surface area (Å²) in [5.74, 6) is 1.22. The van der Waals surface area contributed by atoms with Crippen molar-refractivity contribution in [1.82, 2.24) is 14.9 Å². The number of fused-ring (bicyclic) bond motifs is 1. The molecule has 0 saturated carbocycles. The number of benzene rings is 1. The maximum absolute atomic E-state index is 12.7. The molecule has 4 nitrogen and oxygen atoms in total. The van der Waals surface area contributed by atoms with Crippen molar-refractivity contribution in [3.8, 4) is 5.75 Å². The van der Waals surface area contributed by atoms with Gasteiger partial charge in [0.05, 0.1) is 13.2 Å². The predicted molar refractivity (Wildman–Crippen MR) is 77.4 cm³/mol. The van der Waals surface area contributed by atoms with Gasteiger partial charge in [0, 0.05) is 35.4 Å². The Hall–Kier alpha value is -1.47. The van der Waals surface area contributed by atoms with Gasteiger partial charge < -0.3 is 10.1 Å². The standard InChI is InChI=1S/C14H14BrF2N3O/c15-11-5-9-1-4-21-13(9)10(6-11)7-18-8-12-19-2-3-20(12)14(16)17/h2-3,5-6,14,18H,1,4,7-8H2. The van der Waals surface area contributed by atoms with Gasteiger partial charge in [0.2, 0.25) is 0 Å². The van der Waals surface area contributed by atoms with Crippen LogP contribution in [-0.2, 0) is 19.5 Å². The van der Waals surface area contributed by atoms with Crippen LogP contribution in [0.5, 0.6) is 5.75 Å². The second-order valence-corrected chi connectivity index (χ2v) is 5.70. The minimum absolute atomic E-state index is 0.276. The molecule has 0 atom stereocenters. The van der Waals surface area contributed by atoms with Gasteiger partial charge >= 0.3 is 6.55 Å². The summed E-state index contributed by atoms with van der Waals surface area (Å²) in [5, 5.41) is 3.14. The molecule has 21 heavy (non-hydrogen) atoms. The minimum atomic E-state index is -2.57. The molecule has 0 unspecified atom stereocenters. The van der Waals surface area contributed by atoms with Crippen molar-refractivity contribution >= 4 is 15.9 Å². The number of nitrogens with one attached hydrogen (secondary N) is 1. The van der Waals surface area contributed by atoms with E-state index in [2.05, 4.69) is 32.3 Å². The Labute approximate surface area is 129 Å². The Morgan fingerprint density at radius 3 is 3.05 bits per heavy atom. The smallest absolute Gasteiger partial charge is 0.319 e. The van der Waals surface area contributed by atoms with Crippen LogP contribution in [0.15, 0.2) is 29.0 Å². The van der Waals surface area contributed by atoms with E-state index in [1.807, 2.05) is 6.07 Å². The van der Waals surface area contributed by atoms with Gasteiger partial charge in [-0.15, -0.1) is 0 Å². The average Bonchev–Trinajstić information content (AvgIpc) is 3.06. The van der Waals surface area contributed by atoms with Crippen LogP contribution in [-0.4, -0.2) is 16.2 Å². The van der Waals surface area contributed by atoms with E-state index in [-0.39, 0.29) is 6.54 Å². The van der Waals surface area contributed by atoms with Crippen LogP contribution in [0.4, 0.5) is 8.78 Å². The molecule has 0 saturated heterocycles. The average molecular weight is 358 g/mol. The Morgan fingerprint density at radius 1 is 1.38 bits per heavy atom. The van der Waals surface area contributed by atoms with Gasteiger partial charge in [0.25, 0.3) is 0 Å². The number of halogens is 3. The summed E-state index contributed by atoms with van der Waals surface area (Å²) in [4.78, 5) is 3.94. The molecule has 3 rings (SSSR count). The van der Waals surface area contributed by atoms with Crippen LogP contribution in [0.2, 0.25) is 0 Å². The van der Waals surface area contributed by atoms with Crippen LogP contribution in [0.1, 0.15) is 23.5 Å². The summed E-state index contributed by atoms with van der Waals surface area (Å²) in [6.45, 7) is -1.06. The van der Waals surface area contributed by atoms with Crippen LogP contribution < -0.4 is 10.1 Å². The number of alkyl halides is 2. The molecule has 1 aliphatic heterocycles. The third kappa shape index (κ3) is 3.08. The quantitative estimate of drug-likeness (QED) is 0.892. The van der Waals surface area contributed by atoms with Crippen molar-refractivity contribution in [1.29, 1.82) is 0 Å². The number of rotatable bonds is 5. The molecule has 7 heteroatoms. The lowest BCUT2D eigenvalue weighted by Crippen LogP contribution is -2.17. The van der Waals surface area contributed by atoms with E-state index in [1.54, 1.807) is 0 Å². The SMILES string of the molecule is FC(F)n1ccnc1CNCc1cc(Br)cc2c1OCC2. The highest BCUT2D eigenvalue weighted by atomic mass is 79.9. The lowest BCUT2D eigenvalue weighted by Gasteiger charge is -2.11. The van der Waals surface area contributed by atoms with Crippen molar-refractivity contribution in [2.45, 2.75) is 26.1 Å². The zero-order valence-electron chi connectivity index (χ0n) is 11.2. The topological polar surface area (TPSA) is 39.1 Å². The fourth-order valence-electron chi connectivity index (χ4n) is 2.44. The highest BCUT2D eigenvalue weighted by molar-refractivity contribution is 9.10. The Kier molecular flexibility index (Phi) is 4.21. The molecule has 0 spiro atoms. The van der Waals surface area contributed by atoms with E-state index in [0.29, 0.717) is 19.0 Å². The maximum atomic E-state index is 12.7. The van der Waals surface area contributed by atoms with Crippen LogP contribution >= 0.6 is 15.9 Å². The molecule has 1 aromatic heterocycles. The number of nitrogens with zero attached hydrogens (tertiary/aromatic N) is 2. The largest absolute Gasteiger partial charge is 0.493 e. The van der Waals surface area contributed by atoms with Gasteiger partial charge in [-0.2, -0.15) is 8.78 Å².